The van der Waals surface area contributed by atoms with Gasteiger partial charge in [0.1, 0.15) is 0 Å². The molecule has 0 radical (unpaired) electrons. The first-order valence-electron chi connectivity index (χ1n) is 7.81. The first-order valence-corrected chi connectivity index (χ1v) is 8.19. The Kier molecular flexibility index (Phi) is 6.28. The van der Waals surface area contributed by atoms with E-state index >= 15 is 0 Å². The van der Waals surface area contributed by atoms with Gasteiger partial charge in [0.2, 0.25) is 5.88 Å². The molecule has 2 aromatic rings. The molecular weight excluding hydrogens is 298 g/mol. The predicted octanol–water partition coefficient (Wildman–Crippen LogP) is 3.94. The van der Waals surface area contributed by atoms with Crippen LogP contribution < -0.4 is 4.74 Å². The van der Waals surface area contributed by atoms with Gasteiger partial charge in [0.25, 0.3) is 0 Å². The number of rotatable bonds is 8. The second-order valence-corrected chi connectivity index (χ2v) is 5.67. The van der Waals surface area contributed by atoms with Crippen LogP contribution in [0, 0.1) is 6.92 Å². The predicted molar refractivity (Wildman–Crippen MR) is 91.2 cm³/mol. The summed E-state index contributed by atoms with van der Waals surface area (Å²) >= 11 is 6.05. The summed E-state index contributed by atoms with van der Waals surface area (Å²) in [6, 6.07) is 7.74. The normalized spacial score (nSPS) is 11.1. The van der Waals surface area contributed by atoms with E-state index in [4.69, 9.17) is 16.3 Å². The van der Waals surface area contributed by atoms with Crippen molar-refractivity contribution in [2.75, 3.05) is 26.2 Å². The molecule has 1 aromatic heterocycles. The lowest BCUT2D eigenvalue weighted by molar-refractivity contribution is 0.243. The molecule has 0 saturated heterocycles. The number of aryl methyl sites for hydroxylation is 1. The van der Waals surface area contributed by atoms with Crippen molar-refractivity contribution in [3.05, 3.63) is 41.0 Å². The number of hydrogen-bond donors (Lipinski definition) is 0. The van der Waals surface area contributed by atoms with E-state index in [9.17, 15) is 0 Å². The molecule has 4 nitrogen and oxygen atoms in total. The highest BCUT2D eigenvalue weighted by Gasteiger charge is 2.04. The molecule has 0 aliphatic carbocycles. The molecule has 2 rings (SSSR count). The molecule has 0 bridgehead atoms. The Morgan fingerprint density at radius 1 is 1.23 bits per heavy atom. The summed E-state index contributed by atoms with van der Waals surface area (Å²) in [5.74, 6) is 0.659. The number of benzene rings is 1. The lowest BCUT2D eigenvalue weighted by Gasteiger charge is -2.17. The Morgan fingerprint density at radius 3 is 2.68 bits per heavy atom. The van der Waals surface area contributed by atoms with Crippen LogP contribution in [0.4, 0.5) is 0 Å². The van der Waals surface area contributed by atoms with Crippen molar-refractivity contribution in [3.63, 3.8) is 0 Å². The van der Waals surface area contributed by atoms with Crippen LogP contribution in [0.1, 0.15) is 25.8 Å². The van der Waals surface area contributed by atoms with Crippen LogP contribution in [0.2, 0.25) is 5.02 Å². The topological polar surface area (TPSA) is 30.3 Å². The molecule has 0 spiro atoms. The van der Waals surface area contributed by atoms with Crippen LogP contribution in [0.15, 0.2) is 30.5 Å². The maximum atomic E-state index is 6.05. The standard InChI is InChI=1S/C17H24ClN3O/c1-4-20(5-2)10-6-12-22-17-9-11-21(19-17)15-7-8-16(18)14(3)13-15/h7-9,11,13H,4-6,10,12H2,1-3H3. The zero-order valence-electron chi connectivity index (χ0n) is 13.6. The van der Waals surface area contributed by atoms with Crippen molar-refractivity contribution in [3.8, 4) is 11.6 Å². The number of hydrogen-bond acceptors (Lipinski definition) is 3. The molecule has 0 atom stereocenters. The van der Waals surface area contributed by atoms with E-state index in [1.165, 1.54) is 0 Å². The summed E-state index contributed by atoms with van der Waals surface area (Å²) in [5.41, 5.74) is 2.02. The maximum absolute atomic E-state index is 6.05. The average molecular weight is 322 g/mol. The molecule has 0 amide bonds. The van der Waals surface area contributed by atoms with Gasteiger partial charge in [-0.2, -0.15) is 0 Å². The van der Waals surface area contributed by atoms with Gasteiger partial charge in [-0.1, -0.05) is 25.4 Å². The maximum Gasteiger partial charge on any atom is 0.233 e. The molecule has 0 fully saturated rings. The fraction of sp³-hybridized carbons (Fsp3) is 0.471. The van der Waals surface area contributed by atoms with Gasteiger partial charge in [0.05, 0.1) is 12.3 Å². The van der Waals surface area contributed by atoms with Gasteiger partial charge in [-0.15, -0.1) is 5.10 Å². The fourth-order valence-electron chi connectivity index (χ4n) is 2.30. The Morgan fingerprint density at radius 2 is 2.00 bits per heavy atom. The third-order valence-corrected chi connectivity index (χ3v) is 4.16. The summed E-state index contributed by atoms with van der Waals surface area (Å²) in [6.07, 6.45) is 2.91. The Bertz CT molecular complexity index is 593. The van der Waals surface area contributed by atoms with E-state index < -0.39 is 0 Å². The van der Waals surface area contributed by atoms with Gasteiger partial charge in [-0.05, 0) is 50.2 Å². The molecule has 1 heterocycles. The quantitative estimate of drug-likeness (QED) is 0.690. The minimum Gasteiger partial charge on any atom is -0.477 e. The van der Waals surface area contributed by atoms with Crippen LogP contribution in [-0.2, 0) is 0 Å². The third-order valence-electron chi connectivity index (χ3n) is 3.73. The highest BCUT2D eigenvalue weighted by atomic mass is 35.5. The Balaban J connectivity index is 1.87. The van der Waals surface area contributed by atoms with Crippen LogP contribution in [-0.4, -0.2) is 40.9 Å². The summed E-state index contributed by atoms with van der Waals surface area (Å²) < 4.78 is 7.53. The van der Waals surface area contributed by atoms with Gasteiger partial charge >= 0.3 is 0 Å². The summed E-state index contributed by atoms with van der Waals surface area (Å²) in [7, 11) is 0. The van der Waals surface area contributed by atoms with Crippen LogP contribution in [0.25, 0.3) is 5.69 Å². The molecule has 5 heteroatoms. The van der Waals surface area contributed by atoms with Crippen LogP contribution in [0.5, 0.6) is 5.88 Å². The second-order valence-electron chi connectivity index (χ2n) is 5.26. The summed E-state index contributed by atoms with van der Waals surface area (Å²) in [4.78, 5) is 2.39. The Labute approximate surface area is 137 Å². The van der Waals surface area contributed by atoms with E-state index in [0.717, 1.165) is 42.3 Å². The van der Waals surface area contributed by atoms with Crippen molar-refractivity contribution in [1.29, 1.82) is 0 Å². The summed E-state index contributed by atoms with van der Waals surface area (Å²) in [5, 5.41) is 5.21. The molecule has 0 N–H and O–H groups in total. The number of nitrogens with zero attached hydrogens (tertiary/aromatic N) is 3. The number of halogens is 1. The van der Waals surface area contributed by atoms with Crippen molar-refractivity contribution >= 4 is 11.6 Å². The summed E-state index contributed by atoms with van der Waals surface area (Å²) in [6.45, 7) is 10.3. The average Bonchev–Trinajstić information content (AvgIpc) is 2.99. The third kappa shape index (κ3) is 4.49. The van der Waals surface area contributed by atoms with E-state index in [0.29, 0.717) is 12.5 Å². The molecule has 22 heavy (non-hydrogen) atoms. The first-order chi connectivity index (χ1) is 10.6. The minimum absolute atomic E-state index is 0.659. The van der Waals surface area contributed by atoms with Gasteiger partial charge < -0.3 is 9.64 Å². The fourth-order valence-corrected chi connectivity index (χ4v) is 2.42. The lowest BCUT2D eigenvalue weighted by atomic mass is 10.2. The van der Waals surface area contributed by atoms with Crippen LogP contribution >= 0.6 is 11.6 Å². The first kappa shape index (κ1) is 16.8. The Hall–Kier alpha value is -1.52. The molecule has 0 aliphatic heterocycles. The van der Waals surface area contributed by atoms with E-state index in [1.807, 2.05) is 42.1 Å². The molecule has 120 valence electrons. The van der Waals surface area contributed by atoms with Crippen molar-refractivity contribution in [2.45, 2.75) is 27.2 Å². The van der Waals surface area contributed by atoms with Gasteiger partial charge in [0, 0.05) is 23.8 Å². The number of ether oxygens (including phenoxy) is 1. The van der Waals surface area contributed by atoms with Crippen LogP contribution in [0.3, 0.4) is 0 Å². The highest BCUT2D eigenvalue weighted by molar-refractivity contribution is 6.31. The number of aromatic nitrogens is 2. The molecule has 0 unspecified atom stereocenters. The monoisotopic (exact) mass is 321 g/mol. The van der Waals surface area contributed by atoms with Gasteiger partial charge in [-0.3, -0.25) is 0 Å². The second kappa shape index (κ2) is 8.20. The minimum atomic E-state index is 0.659. The molecule has 0 aliphatic rings. The van der Waals surface area contributed by atoms with E-state index in [1.54, 1.807) is 0 Å². The van der Waals surface area contributed by atoms with E-state index in [-0.39, 0.29) is 0 Å². The zero-order chi connectivity index (χ0) is 15.9. The zero-order valence-corrected chi connectivity index (χ0v) is 14.3. The highest BCUT2D eigenvalue weighted by Crippen LogP contribution is 2.19. The molecule has 1 aromatic carbocycles. The largest absolute Gasteiger partial charge is 0.477 e. The van der Waals surface area contributed by atoms with E-state index in [2.05, 4.69) is 23.8 Å². The van der Waals surface area contributed by atoms with Crippen molar-refractivity contribution in [1.82, 2.24) is 14.7 Å². The van der Waals surface area contributed by atoms with Crippen molar-refractivity contribution < 1.29 is 4.74 Å². The van der Waals surface area contributed by atoms with Crippen molar-refractivity contribution in [2.24, 2.45) is 0 Å². The lowest BCUT2D eigenvalue weighted by Crippen LogP contribution is -2.25. The van der Waals surface area contributed by atoms with Gasteiger partial charge in [0.15, 0.2) is 0 Å². The SMILES string of the molecule is CCN(CC)CCCOc1ccn(-c2ccc(Cl)c(C)c2)n1. The smallest absolute Gasteiger partial charge is 0.233 e. The van der Waals surface area contributed by atoms with Gasteiger partial charge in [-0.25, -0.2) is 4.68 Å². The molecule has 0 saturated carbocycles. The molecular formula is C17H24ClN3O.